The van der Waals surface area contributed by atoms with Crippen LogP contribution in [-0.4, -0.2) is 54.0 Å². The number of hydrogen-bond acceptors (Lipinski definition) is 4. The lowest BCUT2D eigenvalue weighted by Crippen LogP contribution is -2.53. The second kappa shape index (κ2) is 8.16. The SMILES string of the molecule is CCCN1C[C@@H](c2ccc(C#N)cc2)[C@]2(C1)C(=O)N(c1cc(Cl)cc(Cl)c1)C(=O)N2C. The third-order valence-corrected chi connectivity index (χ3v) is 6.66. The van der Waals surface area contributed by atoms with E-state index in [4.69, 9.17) is 28.5 Å². The standard InChI is InChI=1S/C23H22Cl2N4O2/c1-3-8-28-13-20(16-6-4-15(12-26)5-7-16)23(14-28)21(30)29(22(31)27(23)2)19-10-17(24)9-18(25)11-19/h4-7,9-11,20H,3,8,13-14H2,1-2H3/t20-,23+/m0/s1. The van der Waals surface area contributed by atoms with Gasteiger partial charge in [-0.05, 0) is 48.9 Å². The van der Waals surface area contributed by atoms with Crippen LogP contribution >= 0.6 is 23.2 Å². The van der Waals surface area contributed by atoms with E-state index in [1.165, 1.54) is 4.90 Å². The molecule has 0 saturated carbocycles. The van der Waals surface area contributed by atoms with Crippen molar-refractivity contribution >= 4 is 40.8 Å². The van der Waals surface area contributed by atoms with Gasteiger partial charge in [-0.15, -0.1) is 0 Å². The summed E-state index contributed by atoms with van der Waals surface area (Å²) in [4.78, 5) is 32.2. The fourth-order valence-electron chi connectivity index (χ4n) is 4.78. The smallest absolute Gasteiger partial charge is 0.310 e. The van der Waals surface area contributed by atoms with Crippen molar-refractivity contribution in [2.75, 3.05) is 31.6 Å². The van der Waals surface area contributed by atoms with Gasteiger partial charge in [0.2, 0.25) is 0 Å². The molecule has 1 spiro atoms. The van der Waals surface area contributed by atoms with E-state index in [1.54, 1.807) is 42.3 Å². The molecule has 2 fully saturated rings. The highest BCUT2D eigenvalue weighted by Gasteiger charge is 2.64. The highest BCUT2D eigenvalue weighted by Crippen LogP contribution is 2.46. The Labute approximate surface area is 191 Å². The van der Waals surface area contributed by atoms with Crippen molar-refractivity contribution in [2.24, 2.45) is 0 Å². The first-order valence-electron chi connectivity index (χ1n) is 10.1. The van der Waals surface area contributed by atoms with Gasteiger partial charge in [0.25, 0.3) is 5.91 Å². The molecule has 2 saturated heterocycles. The highest BCUT2D eigenvalue weighted by atomic mass is 35.5. The number of carbonyl (C=O) groups excluding carboxylic acids is 2. The molecule has 3 amide bonds. The predicted octanol–water partition coefficient (Wildman–Crippen LogP) is 4.51. The molecule has 2 aromatic rings. The monoisotopic (exact) mass is 456 g/mol. The van der Waals surface area contributed by atoms with Gasteiger partial charge in [-0.3, -0.25) is 9.69 Å². The average Bonchev–Trinajstić information content (AvgIpc) is 3.20. The molecule has 8 heteroatoms. The number of likely N-dealkylation sites (tertiary alicyclic amines) is 1. The van der Waals surface area contributed by atoms with Crippen molar-refractivity contribution in [1.82, 2.24) is 9.80 Å². The van der Waals surface area contributed by atoms with Crippen LogP contribution in [-0.2, 0) is 4.79 Å². The Morgan fingerprint density at radius 2 is 1.77 bits per heavy atom. The highest BCUT2D eigenvalue weighted by molar-refractivity contribution is 6.35. The minimum Gasteiger partial charge on any atom is -0.310 e. The van der Waals surface area contributed by atoms with Crippen LogP contribution in [0.5, 0.6) is 0 Å². The largest absolute Gasteiger partial charge is 0.332 e. The number of nitrogens with zero attached hydrogens (tertiary/aromatic N) is 4. The molecule has 4 rings (SSSR count). The summed E-state index contributed by atoms with van der Waals surface area (Å²) in [6, 6.07) is 13.7. The quantitative estimate of drug-likeness (QED) is 0.634. The Morgan fingerprint density at radius 3 is 2.35 bits per heavy atom. The first-order valence-corrected chi connectivity index (χ1v) is 10.9. The van der Waals surface area contributed by atoms with Gasteiger partial charge in [-0.25, -0.2) is 9.69 Å². The lowest BCUT2D eigenvalue weighted by molar-refractivity contribution is -0.124. The van der Waals surface area contributed by atoms with E-state index in [9.17, 15) is 9.59 Å². The second-order valence-corrected chi connectivity index (χ2v) is 8.93. The van der Waals surface area contributed by atoms with Crippen LogP contribution in [0.4, 0.5) is 10.5 Å². The summed E-state index contributed by atoms with van der Waals surface area (Å²) >= 11 is 12.3. The van der Waals surface area contributed by atoms with Crippen LogP contribution in [0.3, 0.4) is 0 Å². The molecule has 2 aliphatic rings. The predicted molar refractivity (Wildman–Crippen MR) is 120 cm³/mol. The number of urea groups is 1. The lowest BCUT2D eigenvalue weighted by atomic mass is 9.80. The molecule has 2 atom stereocenters. The number of likely N-dealkylation sites (N-methyl/N-ethyl adjacent to an activating group) is 1. The minimum atomic E-state index is -1.05. The van der Waals surface area contributed by atoms with E-state index in [-0.39, 0.29) is 11.8 Å². The van der Waals surface area contributed by atoms with E-state index >= 15 is 0 Å². The van der Waals surface area contributed by atoms with Gasteiger partial charge in [-0.2, -0.15) is 5.26 Å². The molecule has 6 nitrogen and oxygen atoms in total. The number of nitriles is 1. The van der Waals surface area contributed by atoms with Crippen molar-refractivity contribution in [3.63, 3.8) is 0 Å². The molecule has 31 heavy (non-hydrogen) atoms. The number of carbonyl (C=O) groups is 2. The third kappa shape index (κ3) is 3.47. The van der Waals surface area contributed by atoms with Crippen molar-refractivity contribution in [2.45, 2.75) is 24.8 Å². The molecule has 0 N–H and O–H groups in total. The summed E-state index contributed by atoms with van der Waals surface area (Å²) in [5.41, 5.74) is 0.800. The van der Waals surface area contributed by atoms with Gasteiger partial charge in [0, 0.05) is 36.1 Å². The topological polar surface area (TPSA) is 67.6 Å². The molecule has 2 aromatic carbocycles. The van der Waals surface area contributed by atoms with Crippen molar-refractivity contribution in [3.05, 3.63) is 63.6 Å². The minimum absolute atomic E-state index is 0.229. The number of rotatable bonds is 4. The van der Waals surface area contributed by atoms with E-state index in [0.29, 0.717) is 34.4 Å². The van der Waals surface area contributed by atoms with Gasteiger partial charge in [0.1, 0.15) is 5.54 Å². The van der Waals surface area contributed by atoms with Gasteiger partial charge >= 0.3 is 6.03 Å². The number of amides is 3. The fourth-order valence-corrected chi connectivity index (χ4v) is 5.29. The van der Waals surface area contributed by atoms with E-state index in [2.05, 4.69) is 17.9 Å². The zero-order chi connectivity index (χ0) is 22.3. The molecule has 2 aliphatic heterocycles. The van der Waals surface area contributed by atoms with Crippen molar-refractivity contribution in [3.8, 4) is 6.07 Å². The molecular weight excluding hydrogens is 435 g/mol. The van der Waals surface area contributed by atoms with Crippen LogP contribution in [0.25, 0.3) is 0 Å². The molecular formula is C23H22Cl2N4O2. The average molecular weight is 457 g/mol. The zero-order valence-electron chi connectivity index (χ0n) is 17.3. The maximum atomic E-state index is 13.9. The second-order valence-electron chi connectivity index (χ2n) is 8.06. The van der Waals surface area contributed by atoms with E-state index < -0.39 is 11.6 Å². The van der Waals surface area contributed by atoms with Crippen molar-refractivity contribution in [1.29, 1.82) is 5.26 Å². The summed E-state index contributed by atoms with van der Waals surface area (Å²) in [5.74, 6) is -0.515. The van der Waals surface area contributed by atoms with Gasteiger partial charge in [0.15, 0.2) is 0 Å². The number of hydrogen-bond donors (Lipinski definition) is 0. The summed E-state index contributed by atoms with van der Waals surface area (Å²) in [7, 11) is 1.68. The Morgan fingerprint density at radius 1 is 1.13 bits per heavy atom. The molecule has 2 heterocycles. The molecule has 0 unspecified atom stereocenters. The molecule has 0 bridgehead atoms. The molecule has 160 valence electrons. The van der Waals surface area contributed by atoms with E-state index in [0.717, 1.165) is 18.5 Å². The summed E-state index contributed by atoms with van der Waals surface area (Å²) in [5, 5.41) is 9.85. The number of anilines is 1. The fraction of sp³-hybridized carbons (Fsp3) is 0.348. The molecule has 0 aromatic heterocycles. The zero-order valence-corrected chi connectivity index (χ0v) is 18.8. The van der Waals surface area contributed by atoms with Crippen LogP contribution in [0.15, 0.2) is 42.5 Å². The Kier molecular flexibility index (Phi) is 5.69. The lowest BCUT2D eigenvalue weighted by Gasteiger charge is -2.34. The summed E-state index contributed by atoms with van der Waals surface area (Å²) in [6.45, 7) is 4.00. The summed E-state index contributed by atoms with van der Waals surface area (Å²) in [6.07, 6.45) is 0.940. The molecule has 0 aliphatic carbocycles. The number of halogens is 2. The number of benzene rings is 2. The van der Waals surface area contributed by atoms with Crippen LogP contribution in [0, 0.1) is 11.3 Å². The van der Waals surface area contributed by atoms with Gasteiger partial charge in [0.05, 0.1) is 17.3 Å². The Bertz CT molecular complexity index is 1060. The number of imide groups is 1. The summed E-state index contributed by atoms with van der Waals surface area (Å²) < 4.78 is 0. The Balaban J connectivity index is 1.81. The van der Waals surface area contributed by atoms with Crippen LogP contribution < -0.4 is 4.90 Å². The van der Waals surface area contributed by atoms with Gasteiger partial charge < -0.3 is 4.90 Å². The third-order valence-electron chi connectivity index (χ3n) is 6.22. The molecule has 0 radical (unpaired) electrons. The maximum absolute atomic E-state index is 13.9. The van der Waals surface area contributed by atoms with E-state index in [1.807, 2.05) is 12.1 Å². The van der Waals surface area contributed by atoms with Gasteiger partial charge in [-0.1, -0.05) is 42.3 Å². The first-order chi connectivity index (χ1) is 14.8. The van der Waals surface area contributed by atoms with Crippen molar-refractivity contribution < 1.29 is 9.59 Å². The van der Waals surface area contributed by atoms with Crippen LogP contribution in [0.1, 0.15) is 30.4 Å². The first kappa shape index (κ1) is 21.6. The maximum Gasteiger partial charge on any atom is 0.332 e. The normalized spacial score (nSPS) is 23.8. The van der Waals surface area contributed by atoms with Crippen LogP contribution in [0.2, 0.25) is 10.0 Å². The Hall–Kier alpha value is -2.59.